The van der Waals surface area contributed by atoms with Crippen LogP contribution >= 0.6 is 0 Å². The molecule has 4 aromatic rings. The number of aromatic nitrogens is 6. The van der Waals surface area contributed by atoms with Crippen LogP contribution in [0.2, 0.25) is 0 Å². The van der Waals surface area contributed by atoms with E-state index in [9.17, 15) is 5.11 Å². The maximum atomic E-state index is 10.5. The number of imidazole rings is 1. The summed E-state index contributed by atoms with van der Waals surface area (Å²) in [5, 5.41) is 15.0. The highest BCUT2D eigenvalue weighted by molar-refractivity contribution is 5.65. The Balaban J connectivity index is 1.86. The Kier molecular flexibility index (Phi) is 3.96. The molecule has 0 spiro atoms. The Hall–Kier alpha value is -3.48. The van der Waals surface area contributed by atoms with E-state index in [4.69, 9.17) is 0 Å². The fraction of sp³-hybridized carbons (Fsp3) is 0.158. The summed E-state index contributed by atoms with van der Waals surface area (Å²) < 4.78 is 3.45. The zero-order valence-corrected chi connectivity index (χ0v) is 14.5. The lowest BCUT2D eigenvalue weighted by Crippen LogP contribution is -2.05. The van der Waals surface area contributed by atoms with Crippen LogP contribution in [-0.2, 0) is 0 Å². The third-order valence-corrected chi connectivity index (χ3v) is 4.10. The summed E-state index contributed by atoms with van der Waals surface area (Å²) in [5.74, 6) is 0.398. The van der Waals surface area contributed by atoms with E-state index < -0.39 is 0 Å². The molecular weight excluding hydrogens is 328 g/mol. The summed E-state index contributed by atoms with van der Waals surface area (Å²) in [4.78, 5) is 12.9. The molecule has 0 aliphatic carbocycles. The van der Waals surface area contributed by atoms with Crippen LogP contribution in [0.3, 0.4) is 0 Å². The van der Waals surface area contributed by atoms with Crippen LogP contribution in [0.5, 0.6) is 5.88 Å². The fourth-order valence-electron chi connectivity index (χ4n) is 2.86. The molecule has 0 bridgehead atoms. The van der Waals surface area contributed by atoms with Gasteiger partial charge in [-0.3, -0.25) is 4.57 Å². The Morgan fingerprint density at radius 3 is 2.58 bits per heavy atom. The van der Waals surface area contributed by atoms with E-state index >= 15 is 0 Å². The van der Waals surface area contributed by atoms with Crippen molar-refractivity contribution in [2.24, 2.45) is 0 Å². The SMILES string of the molecule is CC(C)c1c(O)nc(-n2ccnc2)nc1-c1cnn(-c2ccccc2)c1. The van der Waals surface area contributed by atoms with Crippen molar-refractivity contribution < 1.29 is 5.11 Å². The third kappa shape index (κ3) is 2.83. The zero-order chi connectivity index (χ0) is 18.1. The van der Waals surface area contributed by atoms with Crippen molar-refractivity contribution >= 4 is 0 Å². The molecule has 0 radical (unpaired) electrons. The van der Waals surface area contributed by atoms with Crippen LogP contribution in [0.4, 0.5) is 0 Å². The van der Waals surface area contributed by atoms with Gasteiger partial charge in [0.05, 0.1) is 17.6 Å². The van der Waals surface area contributed by atoms with Crippen molar-refractivity contribution in [3.8, 4) is 28.8 Å². The minimum absolute atomic E-state index is 0.0267. The van der Waals surface area contributed by atoms with Gasteiger partial charge in [-0.1, -0.05) is 32.0 Å². The first-order valence-corrected chi connectivity index (χ1v) is 8.33. The molecule has 0 saturated heterocycles. The first-order valence-electron chi connectivity index (χ1n) is 8.33. The van der Waals surface area contributed by atoms with E-state index in [0.29, 0.717) is 17.2 Å². The maximum absolute atomic E-state index is 10.5. The quantitative estimate of drug-likeness (QED) is 0.613. The smallest absolute Gasteiger partial charge is 0.238 e. The van der Waals surface area contributed by atoms with E-state index in [-0.39, 0.29) is 11.8 Å². The topological polar surface area (TPSA) is 81.7 Å². The third-order valence-electron chi connectivity index (χ3n) is 4.10. The minimum Gasteiger partial charge on any atom is -0.493 e. The number of rotatable bonds is 4. The Labute approximate surface area is 150 Å². The Bertz CT molecular complexity index is 1020. The van der Waals surface area contributed by atoms with Crippen LogP contribution in [-0.4, -0.2) is 34.4 Å². The molecule has 3 aromatic heterocycles. The van der Waals surface area contributed by atoms with Crippen LogP contribution in [0.1, 0.15) is 25.3 Å². The highest BCUT2D eigenvalue weighted by Gasteiger charge is 2.20. The second-order valence-corrected chi connectivity index (χ2v) is 6.24. The largest absolute Gasteiger partial charge is 0.493 e. The van der Waals surface area contributed by atoms with Gasteiger partial charge < -0.3 is 5.11 Å². The van der Waals surface area contributed by atoms with Gasteiger partial charge in [0.1, 0.15) is 6.33 Å². The molecule has 7 nitrogen and oxygen atoms in total. The molecule has 1 N–H and O–H groups in total. The highest BCUT2D eigenvalue weighted by Crippen LogP contribution is 2.34. The average molecular weight is 346 g/mol. The van der Waals surface area contributed by atoms with E-state index in [1.165, 1.54) is 0 Å². The van der Waals surface area contributed by atoms with Gasteiger partial charge in [-0.25, -0.2) is 14.6 Å². The summed E-state index contributed by atoms with van der Waals surface area (Å²) in [7, 11) is 0. The molecule has 0 amide bonds. The summed E-state index contributed by atoms with van der Waals surface area (Å²) in [6.45, 7) is 4.00. The molecule has 0 saturated carbocycles. The van der Waals surface area contributed by atoms with Gasteiger partial charge in [-0.15, -0.1) is 0 Å². The van der Waals surface area contributed by atoms with E-state index in [1.54, 1.807) is 34.2 Å². The minimum atomic E-state index is -0.0267. The summed E-state index contributed by atoms with van der Waals surface area (Å²) in [6.07, 6.45) is 8.63. The Morgan fingerprint density at radius 1 is 1.08 bits per heavy atom. The van der Waals surface area contributed by atoms with Gasteiger partial charge in [0.15, 0.2) is 0 Å². The molecule has 1 aromatic carbocycles. The molecule has 0 fully saturated rings. The van der Waals surface area contributed by atoms with Gasteiger partial charge in [0, 0.05) is 29.7 Å². The average Bonchev–Trinajstić information content (AvgIpc) is 3.33. The molecule has 0 unspecified atom stereocenters. The molecule has 4 rings (SSSR count). The number of aromatic hydroxyl groups is 1. The van der Waals surface area contributed by atoms with Crippen LogP contribution in [0.15, 0.2) is 61.4 Å². The second-order valence-electron chi connectivity index (χ2n) is 6.24. The zero-order valence-electron chi connectivity index (χ0n) is 14.5. The van der Waals surface area contributed by atoms with Crippen LogP contribution in [0.25, 0.3) is 22.9 Å². The molecule has 26 heavy (non-hydrogen) atoms. The standard InChI is InChI=1S/C19H18N6O/c1-13(2)16-17(22-19(23-18(16)26)24-9-8-20-12-24)14-10-21-25(11-14)15-6-4-3-5-7-15/h3-13H,1-2H3,(H,22,23,26). The van der Waals surface area contributed by atoms with Crippen molar-refractivity contribution in [3.05, 3.63) is 67.0 Å². The first kappa shape index (κ1) is 16.0. The molecule has 0 aliphatic rings. The number of hydrogen-bond donors (Lipinski definition) is 1. The summed E-state index contributed by atoms with van der Waals surface area (Å²) in [6, 6.07) is 9.85. The lowest BCUT2D eigenvalue weighted by molar-refractivity contribution is 0.440. The number of nitrogens with zero attached hydrogens (tertiary/aromatic N) is 6. The number of para-hydroxylation sites is 1. The molecule has 0 aliphatic heterocycles. The Morgan fingerprint density at radius 2 is 1.88 bits per heavy atom. The molecule has 7 heteroatoms. The fourth-order valence-corrected chi connectivity index (χ4v) is 2.86. The second kappa shape index (κ2) is 6.44. The van der Waals surface area contributed by atoms with Gasteiger partial charge >= 0.3 is 0 Å². The van der Waals surface area contributed by atoms with E-state index in [1.807, 2.05) is 50.4 Å². The van der Waals surface area contributed by atoms with E-state index in [0.717, 1.165) is 11.3 Å². The van der Waals surface area contributed by atoms with Crippen molar-refractivity contribution in [3.63, 3.8) is 0 Å². The lowest BCUT2D eigenvalue weighted by Gasteiger charge is -2.14. The molecule has 130 valence electrons. The van der Waals surface area contributed by atoms with Gasteiger partial charge in [0.2, 0.25) is 11.8 Å². The monoisotopic (exact) mass is 346 g/mol. The maximum Gasteiger partial charge on any atom is 0.238 e. The first-order chi connectivity index (χ1) is 12.6. The van der Waals surface area contributed by atoms with Crippen LogP contribution in [0, 0.1) is 0 Å². The number of hydrogen-bond acceptors (Lipinski definition) is 5. The predicted octanol–water partition coefficient (Wildman–Crippen LogP) is 3.34. The van der Waals surface area contributed by atoms with Crippen molar-refractivity contribution in [2.45, 2.75) is 19.8 Å². The predicted molar refractivity (Wildman–Crippen MR) is 97.5 cm³/mol. The summed E-state index contributed by atoms with van der Waals surface area (Å²) in [5.41, 5.74) is 3.13. The summed E-state index contributed by atoms with van der Waals surface area (Å²) >= 11 is 0. The number of benzene rings is 1. The van der Waals surface area contributed by atoms with Gasteiger partial charge in [-0.2, -0.15) is 10.1 Å². The van der Waals surface area contributed by atoms with Crippen LogP contribution < -0.4 is 0 Å². The molecule has 3 heterocycles. The van der Waals surface area contributed by atoms with Gasteiger partial charge in [-0.05, 0) is 18.1 Å². The van der Waals surface area contributed by atoms with Gasteiger partial charge in [0.25, 0.3) is 0 Å². The van der Waals surface area contributed by atoms with Crippen molar-refractivity contribution in [1.82, 2.24) is 29.3 Å². The normalized spacial score (nSPS) is 11.2. The van der Waals surface area contributed by atoms with Crippen molar-refractivity contribution in [2.75, 3.05) is 0 Å². The van der Waals surface area contributed by atoms with Crippen molar-refractivity contribution in [1.29, 1.82) is 0 Å². The molecule has 0 atom stereocenters. The lowest BCUT2D eigenvalue weighted by atomic mass is 9.99. The molecular formula is C19H18N6O. The highest BCUT2D eigenvalue weighted by atomic mass is 16.3. The van der Waals surface area contributed by atoms with E-state index in [2.05, 4.69) is 20.1 Å².